The van der Waals surface area contributed by atoms with E-state index in [0.29, 0.717) is 30.3 Å². The molecule has 0 aliphatic rings. The predicted molar refractivity (Wildman–Crippen MR) is 93.4 cm³/mol. The van der Waals surface area contributed by atoms with E-state index in [0.717, 1.165) is 5.57 Å². The summed E-state index contributed by atoms with van der Waals surface area (Å²) in [4.78, 5) is 25.9. The summed E-state index contributed by atoms with van der Waals surface area (Å²) in [5, 5.41) is 0. The van der Waals surface area contributed by atoms with Crippen LogP contribution in [0.2, 0.25) is 0 Å². The maximum Gasteiger partial charge on any atom is 0.338 e. The van der Waals surface area contributed by atoms with Crippen LogP contribution in [0.5, 0.6) is 17.2 Å². The molecule has 0 aliphatic heterocycles. The topological polar surface area (TPSA) is 74.3 Å². The summed E-state index contributed by atoms with van der Waals surface area (Å²) in [7, 11) is 4.37. The Morgan fingerprint density at radius 1 is 1.08 bits per heavy atom. The Morgan fingerprint density at radius 3 is 2.04 bits per heavy atom. The van der Waals surface area contributed by atoms with Gasteiger partial charge in [-0.15, -0.1) is 0 Å². The van der Waals surface area contributed by atoms with Gasteiger partial charge < -0.3 is 23.8 Å². The van der Waals surface area contributed by atoms with Gasteiger partial charge in [-0.2, -0.15) is 0 Å². The van der Waals surface area contributed by atoms with Crippen LogP contribution < -0.4 is 14.2 Å². The van der Waals surface area contributed by atoms with E-state index in [1.165, 1.54) is 33.5 Å². The van der Waals surface area contributed by atoms with Crippen molar-refractivity contribution >= 4 is 11.9 Å². The van der Waals surface area contributed by atoms with Crippen molar-refractivity contribution in [1.82, 2.24) is 4.90 Å². The van der Waals surface area contributed by atoms with Gasteiger partial charge in [-0.1, -0.05) is 12.2 Å². The summed E-state index contributed by atoms with van der Waals surface area (Å²) in [6.45, 7) is 8.05. The highest BCUT2D eigenvalue weighted by atomic mass is 16.5. The Hall–Kier alpha value is -2.70. The number of likely N-dealkylation sites (N-methyl/N-ethyl adjacent to an activating group) is 1. The highest BCUT2D eigenvalue weighted by molar-refractivity contribution is 5.92. The van der Waals surface area contributed by atoms with Crippen LogP contribution in [-0.4, -0.2) is 57.8 Å². The zero-order chi connectivity index (χ0) is 19.0. The summed E-state index contributed by atoms with van der Waals surface area (Å²) < 4.78 is 20.7. The van der Waals surface area contributed by atoms with Crippen LogP contribution >= 0.6 is 0 Å². The van der Waals surface area contributed by atoms with E-state index < -0.39 is 5.97 Å². The number of esters is 1. The van der Waals surface area contributed by atoms with Crippen molar-refractivity contribution in [2.75, 3.05) is 41.0 Å². The van der Waals surface area contributed by atoms with Crippen molar-refractivity contribution in [2.24, 2.45) is 0 Å². The van der Waals surface area contributed by atoms with Crippen LogP contribution in [0.1, 0.15) is 24.2 Å². The lowest BCUT2D eigenvalue weighted by atomic mass is 10.2. The highest BCUT2D eigenvalue weighted by Crippen LogP contribution is 2.38. The number of hydrogen-bond donors (Lipinski definition) is 0. The Morgan fingerprint density at radius 2 is 1.64 bits per heavy atom. The van der Waals surface area contributed by atoms with Crippen LogP contribution in [0.4, 0.5) is 0 Å². The molecule has 7 nitrogen and oxygen atoms in total. The molecule has 0 saturated heterocycles. The first-order valence-electron chi connectivity index (χ1n) is 7.77. The molecule has 0 atom stereocenters. The molecule has 0 radical (unpaired) electrons. The summed E-state index contributed by atoms with van der Waals surface area (Å²) >= 11 is 0. The molecule has 0 unspecified atom stereocenters. The van der Waals surface area contributed by atoms with Crippen LogP contribution in [0.15, 0.2) is 24.3 Å². The van der Waals surface area contributed by atoms with E-state index in [1.807, 2.05) is 13.8 Å². The molecule has 0 saturated carbocycles. The lowest BCUT2D eigenvalue weighted by Crippen LogP contribution is -2.35. The van der Waals surface area contributed by atoms with Gasteiger partial charge in [0.05, 0.1) is 26.9 Å². The Bertz CT molecular complexity index is 615. The average Bonchev–Trinajstić information content (AvgIpc) is 2.61. The maximum atomic E-state index is 12.3. The van der Waals surface area contributed by atoms with Crippen molar-refractivity contribution in [3.8, 4) is 17.2 Å². The molecular weight excluding hydrogens is 326 g/mol. The minimum Gasteiger partial charge on any atom is -0.493 e. The first-order chi connectivity index (χ1) is 11.9. The lowest BCUT2D eigenvalue weighted by molar-refractivity contribution is -0.133. The molecule has 0 heterocycles. The minimum atomic E-state index is -0.654. The first kappa shape index (κ1) is 20.3. The number of amides is 1. The molecule has 1 aromatic carbocycles. The van der Waals surface area contributed by atoms with Gasteiger partial charge in [0.15, 0.2) is 18.1 Å². The Labute approximate surface area is 148 Å². The van der Waals surface area contributed by atoms with E-state index in [4.69, 9.17) is 18.9 Å². The average molecular weight is 351 g/mol. The second-order valence-corrected chi connectivity index (χ2v) is 5.36. The van der Waals surface area contributed by atoms with Gasteiger partial charge in [-0.05, 0) is 26.0 Å². The van der Waals surface area contributed by atoms with E-state index in [-0.39, 0.29) is 18.1 Å². The number of ether oxygens (including phenoxy) is 4. The quantitative estimate of drug-likeness (QED) is 0.502. The highest BCUT2D eigenvalue weighted by Gasteiger charge is 2.20. The smallest absolute Gasteiger partial charge is 0.338 e. The maximum absolute atomic E-state index is 12.3. The SMILES string of the molecule is C=C(C)CN(CC)C(=O)COC(=O)c1cc(OC)c(OC)c(OC)c1. The third kappa shape index (κ3) is 5.41. The van der Waals surface area contributed by atoms with Crippen LogP contribution in [0.25, 0.3) is 0 Å². The fourth-order valence-electron chi connectivity index (χ4n) is 2.20. The van der Waals surface area contributed by atoms with Crippen LogP contribution in [0.3, 0.4) is 0 Å². The normalized spacial score (nSPS) is 9.96. The minimum absolute atomic E-state index is 0.199. The van der Waals surface area contributed by atoms with Crippen molar-refractivity contribution in [3.63, 3.8) is 0 Å². The summed E-state index contributed by atoms with van der Waals surface area (Å²) in [5.41, 5.74) is 1.05. The van der Waals surface area contributed by atoms with Gasteiger partial charge in [0.25, 0.3) is 5.91 Å². The second-order valence-electron chi connectivity index (χ2n) is 5.36. The van der Waals surface area contributed by atoms with E-state index in [2.05, 4.69) is 6.58 Å². The molecule has 1 rings (SSSR count). The number of rotatable bonds is 9. The largest absolute Gasteiger partial charge is 0.493 e. The Kier molecular flexibility index (Phi) is 7.78. The van der Waals surface area contributed by atoms with E-state index in [9.17, 15) is 9.59 Å². The van der Waals surface area contributed by atoms with Gasteiger partial charge in [0, 0.05) is 13.1 Å². The molecule has 0 bridgehead atoms. The van der Waals surface area contributed by atoms with Crippen molar-refractivity contribution in [3.05, 3.63) is 29.8 Å². The Balaban J connectivity index is 2.87. The molecule has 1 aromatic rings. The number of nitrogens with zero attached hydrogens (tertiary/aromatic N) is 1. The molecule has 138 valence electrons. The molecule has 25 heavy (non-hydrogen) atoms. The number of methoxy groups -OCH3 is 3. The fraction of sp³-hybridized carbons (Fsp3) is 0.444. The molecule has 0 N–H and O–H groups in total. The zero-order valence-electron chi connectivity index (χ0n) is 15.4. The van der Waals surface area contributed by atoms with Crippen LogP contribution in [-0.2, 0) is 9.53 Å². The standard InChI is InChI=1S/C18H25NO6/c1-7-19(10-12(2)3)16(20)11-25-18(21)13-8-14(22-4)17(24-6)15(9-13)23-5/h8-9H,2,7,10-11H2,1,3-6H3. The molecule has 0 aromatic heterocycles. The van der Waals surface area contributed by atoms with Gasteiger partial charge in [-0.3, -0.25) is 4.79 Å². The third-order valence-electron chi connectivity index (χ3n) is 3.42. The molecule has 7 heteroatoms. The van der Waals surface area contributed by atoms with Gasteiger partial charge in [0.2, 0.25) is 5.75 Å². The van der Waals surface area contributed by atoms with Crippen molar-refractivity contribution in [2.45, 2.75) is 13.8 Å². The third-order valence-corrected chi connectivity index (χ3v) is 3.42. The number of carbonyl (C=O) groups excluding carboxylic acids is 2. The number of benzene rings is 1. The number of carbonyl (C=O) groups is 2. The first-order valence-corrected chi connectivity index (χ1v) is 7.77. The molecule has 0 fully saturated rings. The summed E-state index contributed by atoms with van der Waals surface area (Å²) in [6, 6.07) is 2.94. The zero-order valence-corrected chi connectivity index (χ0v) is 15.4. The van der Waals surface area contributed by atoms with Crippen molar-refractivity contribution < 1.29 is 28.5 Å². The predicted octanol–water partition coefficient (Wildman–Crippen LogP) is 2.29. The molecule has 0 aliphatic carbocycles. The fourth-order valence-corrected chi connectivity index (χ4v) is 2.20. The molecule has 1 amide bonds. The monoisotopic (exact) mass is 351 g/mol. The van der Waals surface area contributed by atoms with E-state index >= 15 is 0 Å². The van der Waals surface area contributed by atoms with Gasteiger partial charge in [-0.25, -0.2) is 4.79 Å². The van der Waals surface area contributed by atoms with Crippen molar-refractivity contribution in [1.29, 1.82) is 0 Å². The van der Waals surface area contributed by atoms with Gasteiger partial charge in [0.1, 0.15) is 0 Å². The van der Waals surface area contributed by atoms with Gasteiger partial charge >= 0.3 is 5.97 Å². The number of hydrogen-bond acceptors (Lipinski definition) is 6. The molecule has 0 spiro atoms. The molecular formula is C18H25NO6. The summed E-state index contributed by atoms with van der Waals surface area (Å²) in [6.07, 6.45) is 0. The lowest BCUT2D eigenvalue weighted by Gasteiger charge is -2.20. The van der Waals surface area contributed by atoms with Crippen LogP contribution in [0, 0.1) is 0 Å². The van der Waals surface area contributed by atoms with E-state index in [1.54, 1.807) is 4.90 Å². The summed E-state index contributed by atoms with van der Waals surface area (Å²) in [5.74, 6) is 0.0942. The second kappa shape index (κ2) is 9.56.